The highest BCUT2D eigenvalue weighted by Crippen LogP contribution is 2.33. The second-order valence-corrected chi connectivity index (χ2v) is 4.40. The van der Waals surface area contributed by atoms with Crippen LogP contribution in [0.1, 0.15) is 0 Å². The molecule has 1 nitrogen and oxygen atoms in total. The summed E-state index contributed by atoms with van der Waals surface area (Å²) < 4.78 is 13.7. The number of thiophene rings is 1. The highest BCUT2D eigenvalue weighted by molar-refractivity contribution is 7.15. The maximum Gasteiger partial charge on any atom is 0.125 e. The Morgan fingerprint density at radius 2 is 2.07 bits per heavy atom. The molecule has 0 amide bonds. The number of benzene rings is 1. The molecule has 1 aromatic heterocycles. The number of anilines is 1. The molecule has 0 radical (unpaired) electrons. The Labute approximate surface area is 89.9 Å². The highest BCUT2D eigenvalue weighted by Gasteiger charge is 2.06. The minimum absolute atomic E-state index is 0.345. The van der Waals surface area contributed by atoms with Crippen LogP contribution in [0.15, 0.2) is 29.6 Å². The zero-order valence-corrected chi connectivity index (χ0v) is 8.70. The van der Waals surface area contributed by atoms with Crippen molar-refractivity contribution < 1.29 is 4.39 Å². The summed E-state index contributed by atoms with van der Waals surface area (Å²) in [7, 11) is 0. The Hall–Kier alpha value is -1.06. The molecule has 2 aromatic rings. The Morgan fingerprint density at radius 3 is 2.64 bits per heavy atom. The summed E-state index contributed by atoms with van der Waals surface area (Å²) in [6.45, 7) is 0. The number of nitrogen functional groups attached to an aromatic ring is 1. The lowest BCUT2D eigenvalue weighted by molar-refractivity contribution is 0.629. The van der Waals surface area contributed by atoms with Crippen LogP contribution in [0.2, 0.25) is 4.34 Å². The van der Waals surface area contributed by atoms with Crippen molar-refractivity contribution in [3.8, 4) is 11.1 Å². The van der Waals surface area contributed by atoms with Crippen LogP contribution in [0.5, 0.6) is 0 Å². The quantitative estimate of drug-likeness (QED) is 0.737. The molecule has 2 N–H and O–H groups in total. The fourth-order valence-corrected chi connectivity index (χ4v) is 2.23. The van der Waals surface area contributed by atoms with Gasteiger partial charge in [0, 0.05) is 11.3 Å². The third-order valence-corrected chi connectivity index (χ3v) is 3.02. The summed E-state index contributed by atoms with van der Waals surface area (Å²) in [4.78, 5) is 0. The van der Waals surface area contributed by atoms with Crippen LogP contribution in [-0.2, 0) is 0 Å². The number of halogens is 2. The molecule has 0 aliphatic carbocycles. The molecule has 4 heteroatoms. The van der Waals surface area contributed by atoms with Gasteiger partial charge in [0.05, 0.1) is 0 Å². The first-order valence-corrected chi connectivity index (χ1v) is 5.22. The Kier molecular flexibility index (Phi) is 2.44. The van der Waals surface area contributed by atoms with E-state index < -0.39 is 0 Å². The minimum Gasteiger partial charge on any atom is -0.399 e. The molecule has 2 rings (SSSR count). The number of rotatable bonds is 1. The van der Waals surface area contributed by atoms with Crippen LogP contribution in [0, 0.1) is 5.82 Å². The van der Waals surface area contributed by atoms with Crippen molar-refractivity contribution >= 4 is 28.6 Å². The molecule has 0 saturated carbocycles. The largest absolute Gasteiger partial charge is 0.399 e. The molecule has 1 heterocycles. The second kappa shape index (κ2) is 3.59. The van der Waals surface area contributed by atoms with E-state index in [1.807, 2.05) is 11.4 Å². The van der Waals surface area contributed by atoms with Gasteiger partial charge >= 0.3 is 0 Å². The van der Waals surface area contributed by atoms with Crippen molar-refractivity contribution in [2.24, 2.45) is 0 Å². The lowest BCUT2D eigenvalue weighted by Gasteiger charge is -2.01. The maximum absolute atomic E-state index is 13.0. The predicted molar refractivity (Wildman–Crippen MR) is 59.1 cm³/mol. The number of hydrogen-bond acceptors (Lipinski definition) is 2. The molecule has 0 aliphatic heterocycles. The summed E-state index contributed by atoms with van der Waals surface area (Å²) in [6, 6.07) is 6.26. The molecule has 72 valence electrons. The van der Waals surface area contributed by atoms with Crippen molar-refractivity contribution in [3.05, 3.63) is 39.8 Å². The van der Waals surface area contributed by atoms with E-state index in [0.29, 0.717) is 15.6 Å². The van der Waals surface area contributed by atoms with Crippen molar-refractivity contribution in [3.63, 3.8) is 0 Å². The van der Waals surface area contributed by atoms with Crippen LogP contribution in [0.4, 0.5) is 10.1 Å². The number of nitrogens with two attached hydrogens (primary N) is 1. The van der Waals surface area contributed by atoms with Crippen LogP contribution >= 0.6 is 22.9 Å². The average molecular weight is 228 g/mol. The van der Waals surface area contributed by atoms with Gasteiger partial charge < -0.3 is 5.73 Å². The smallest absolute Gasteiger partial charge is 0.125 e. The summed E-state index contributed by atoms with van der Waals surface area (Å²) in [5.41, 5.74) is 7.48. The van der Waals surface area contributed by atoms with Crippen molar-refractivity contribution in [2.75, 3.05) is 5.73 Å². The van der Waals surface area contributed by atoms with E-state index in [1.54, 1.807) is 6.07 Å². The molecule has 0 fully saturated rings. The highest BCUT2D eigenvalue weighted by atomic mass is 35.5. The lowest BCUT2D eigenvalue weighted by atomic mass is 10.1. The SMILES string of the molecule is Nc1cc(F)cc(-c2ccsc2Cl)c1. The zero-order chi connectivity index (χ0) is 10.1. The molecule has 14 heavy (non-hydrogen) atoms. The van der Waals surface area contributed by atoms with Gasteiger partial charge in [0.2, 0.25) is 0 Å². The summed E-state index contributed by atoms with van der Waals surface area (Å²) in [5.74, 6) is -0.345. The molecule has 0 bridgehead atoms. The van der Waals surface area contributed by atoms with Crippen LogP contribution in [0.25, 0.3) is 11.1 Å². The van der Waals surface area contributed by atoms with E-state index in [4.69, 9.17) is 17.3 Å². The van der Waals surface area contributed by atoms with E-state index in [0.717, 1.165) is 5.56 Å². The first kappa shape index (κ1) is 9.49. The van der Waals surface area contributed by atoms with Crippen LogP contribution < -0.4 is 5.73 Å². The van der Waals surface area contributed by atoms with Gasteiger partial charge in [0.15, 0.2) is 0 Å². The first-order chi connectivity index (χ1) is 6.66. The second-order valence-electron chi connectivity index (χ2n) is 2.88. The maximum atomic E-state index is 13.0. The lowest BCUT2D eigenvalue weighted by Crippen LogP contribution is -1.87. The molecule has 0 spiro atoms. The van der Waals surface area contributed by atoms with Gasteiger partial charge in [-0.3, -0.25) is 0 Å². The minimum atomic E-state index is -0.345. The van der Waals surface area contributed by atoms with E-state index in [9.17, 15) is 4.39 Å². The average Bonchev–Trinajstić information content (AvgIpc) is 2.49. The predicted octanol–water partition coefficient (Wildman–Crippen LogP) is 3.79. The molecule has 0 aliphatic rings. The zero-order valence-electron chi connectivity index (χ0n) is 7.13. The fourth-order valence-electron chi connectivity index (χ4n) is 1.27. The van der Waals surface area contributed by atoms with Gasteiger partial charge in [0.25, 0.3) is 0 Å². The van der Waals surface area contributed by atoms with Gasteiger partial charge in [-0.15, -0.1) is 11.3 Å². The standard InChI is InChI=1S/C10H7ClFNS/c11-10-9(1-2-14-10)6-3-7(12)5-8(13)4-6/h1-5H,13H2. The summed E-state index contributed by atoms with van der Waals surface area (Å²) >= 11 is 7.35. The molecule has 0 unspecified atom stereocenters. The molecular formula is C10H7ClFNS. The van der Waals surface area contributed by atoms with E-state index in [-0.39, 0.29) is 5.82 Å². The third kappa shape index (κ3) is 1.74. The molecule has 1 aromatic carbocycles. The Bertz CT molecular complexity index is 447. The van der Waals surface area contributed by atoms with Crippen molar-refractivity contribution in [1.82, 2.24) is 0 Å². The topological polar surface area (TPSA) is 26.0 Å². The molecule has 0 atom stereocenters. The third-order valence-electron chi connectivity index (χ3n) is 1.85. The van der Waals surface area contributed by atoms with Crippen molar-refractivity contribution in [2.45, 2.75) is 0 Å². The van der Waals surface area contributed by atoms with Crippen LogP contribution in [0.3, 0.4) is 0 Å². The normalized spacial score (nSPS) is 10.4. The van der Waals surface area contributed by atoms with E-state index >= 15 is 0 Å². The van der Waals surface area contributed by atoms with Gasteiger partial charge in [0.1, 0.15) is 10.2 Å². The fraction of sp³-hybridized carbons (Fsp3) is 0. The van der Waals surface area contributed by atoms with E-state index in [1.165, 1.54) is 23.5 Å². The van der Waals surface area contributed by atoms with Gasteiger partial charge in [-0.25, -0.2) is 4.39 Å². The first-order valence-electron chi connectivity index (χ1n) is 3.96. The Balaban J connectivity index is 2.57. The molecule has 0 saturated heterocycles. The molecular weight excluding hydrogens is 221 g/mol. The van der Waals surface area contributed by atoms with Crippen molar-refractivity contribution in [1.29, 1.82) is 0 Å². The Morgan fingerprint density at radius 1 is 1.29 bits per heavy atom. The summed E-state index contributed by atoms with van der Waals surface area (Å²) in [6.07, 6.45) is 0. The monoisotopic (exact) mass is 227 g/mol. The number of hydrogen-bond donors (Lipinski definition) is 1. The van der Waals surface area contributed by atoms with Gasteiger partial charge in [-0.2, -0.15) is 0 Å². The van der Waals surface area contributed by atoms with Gasteiger partial charge in [-0.1, -0.05) is 11.6 Å². The van der Waals surface area contributed by atoms with Gasteiger partial charge in [-0.05, 0) is 35.2 Å². The van der Waals surface area contributed by atoms with Crippen LogP contribution in [-0.4, -0.2) is 0 Å². The summed E-state index contributed by atoms with van der Waals surface area (Å²) in [5, 5.41) is 1.86. The van der Waals surface area contributed by atoms with E-state index in [2.05, 4.69) is 0 Å².